The lowest BCUT2D eigenvalue weighted by atomic mass is 10.1. The minimum Gasteiger partial charge on any atom is -0.308 e. The molecule has 0 aliphatic carbocycles. The Balaban J connectivity index is 1.63. The molecule has 1 aromatic carbocycles. The molecule has 4 rings (SSSR count). The van der Waals surface area contributed by atoms with Crippen molar-refractivity contribution in [3.63, 3.8) is 0 Å². The quantitative estimate of drug-likeness (QED) is 0.748. The SMILES string of the molecule is O=C(c1cccnc1)N1CCc2ccc(NS(=O)(=O)c3cccs3)cc21. The predicted molar refractivity (Wildman–Crippen MR) is 101 cm³/mol. The lowest BCUT2D eigenvalue weighted by molar-refractivity contribution is 0.0989. The van der Waals surface area contributed by atoms with Gasteiger partial charge in [-0.05, 0) is 47.7 Å². The highest BCUT2D eigenvalue weighted by molar-refractivity contribution is 7.94. The number of pyridine rings is 1. The predicted octanol–water partition coefficient (Wildman–Crippen LogP) is 3.15. The van der Waals surface area contributed by atoms with Crippen LogP contribution in [0, 0.1) is 0 Å². The molecule has 1 N–H and O–H groups in total. The molecule has 26 heavy (non-hydrogen) atoms. The van der Waals surface area contributed by atoms with Gasteiger partial charge in [0.05, 0.1) is 11.3 Å². The third-order valence-electron chi connectivity index (χ3n) is 4.15. The lowest BCUT2D eigenvalue weighted by Gasteiger charge is -2.18. The molecule has 132 valence electrons. The second-order valence-corrected chi connectivity index (χ2v) is 8.69. The van der Waals surface area contributed by atoms with Gasteiger partial charge in [-0.2, -0.15) is 0 Å². The molecule has 3 heterocycles. The zero-order valence-corrected chi connectivity index (χ0v) is 15.3. The number of sulfonamides is 1. The summed E-state index contributed by atoms with van der Waals surface area (Å²) >= 11 is 1.16. The molecule has 0 saturated carbocycles. The minimum atomic E-state index is -3.62. The Kier molecular flexibility index (Phi) is 4.21. The van der Waals surface area contributed by atoms with Crippen LogP contribution in [0.4, 0.5) is 11.4 Å². The highest BCUT2D eigenvalue weighted by Gasteiger charge is 2.26. The van der Waals surface area contributed by atoms with E-state index in [1.165, 1.54) is 6.20 Å². The van der Waals surface area contributed by atoms with E-state index in [1.807, 2.05) is 6.07 Å². The van der Waals surface area contributed by atoms with Crippen molar-refractivity contribution in [2.24, 2.45) is 0 Å². The standard InChI is InChI=1S/C18H15N3O3S2/c22-18(14-3-1-8-19-12-14)21-9-7-13-5-6-15(11-16(13)21)20-26(23,24)17-4-2-10-25-17/h1-6,8,10-12,20H,7,9H2. The fourth-order valence-electron chi connectivity index (χ4n) is 2.92. The molecule has 8 heteroatoms. The van der Waals surface area contributed by atoms with Gasteiger partial charge in [-0.1, -0.05) is 12.1 Å². The Labute approximate surface area is 155 Å². The average molecular weight is 385 g/mol. The molecule has 1 aliphatic rings. The second-order valence-electron chi connectivity index (χ2n) is 5.83. The normalized spacial score (nSPS) is 13.5. The second kappa shape index (κ2) is 6.54. The number of carbonyl (C=O) groups excluding carboxylic acids is 1. The van der Waals surface area contributed by atoms with Crippen LogP contribution in [0.25, 0.3) is 0 Å². The maximum absolute atomic E-state index is 12.7. The van der Waals surface area contributed by atoms with Crippen molar-refractivity contribution in [2.75, 3.05) is 16.2 Å². The van der Waals surface area contributed by atoms with Crippen LogP contribution in [0.2, 0.25) is 0 Å². The monoisotopic (exact) mass is 385 g/mol. The van der Waals surface area contributed by atoms with Crippen LogP contribution in [0.5, 0.6) is 0 Å². The highest BCUT2D eigenvalue weighted by Crippen LogP contribution is 2.33. The molecule has 0 saturated heterocycles. The maximum atomic E-state index is 12.7. The van der Waals surface area contributed by atoms with Crippen molar-refractivity contribution in [1.29, 1.82) is 0 Å². The molecule has 0 spiro atoms. The van der Waals surface area contributed by atoms with Gasteiger partial charge in [0.1, 0.15) is 4.21 Å². The summed E-state index contributed by atoms with van der Waals surface area (Å²) in [5.74, 6) is -0.143. The Morgan fingerprint density at radius 3 is 2.81 bits per heavy atom. The summed E-state index contributed by atoms with van der Waals surface area (Å²) in [4.78, 5) is 18.4. The molecule has 0 fully saturated rings. The number of anilines is 2. The van der Waals surface area contributed by atoms with Gasteiger partial charge in [0.2, 0.25) is 0 Å². The summed E-state index contributed by atoms with van der Waals surface area (Å²) < 4.78 is 27.7. The van der Waals surface area contributed by atoms with E-state index < -0.39 is 10.0 Å². The fraction of sp³-hybridized carbons (Fsp3) is 0.111. The van der Waals surface area contributed by atoms with Crippen LogP contribution in [0.1, 0.15) is 15.9 Å². The van der Waals surface area contributed by atoms with Gasteiger partial charge >= 0.3 is 0 Å². The smallest absolute Gasteiger partial charge is 0.271 e. The molecule has 3 aromatic rings. The number of carbonyl (C=O) groups is 1. The van der Waals surface area contributed by atoms with E-state index >= 15 is 0 Å². The minimum absolute atomic E-state index is 0.143. The van der Waals surface area contributed by atoms with E-state index in [9.17, 15) is 13.2 Å². The number of rotatable bonds is 4. The van der Waals surface area contributed by atoms with Crippen molar-refractivity contribution < 1.29 is 13.2 Å². The molecule has 1 amide bonds. The van der Waals surface area contributed by atoms with Crippen molar-refractivity contribution in [3.05, 3.63) is 71.4 Å². The van der Waals surface area contributed by atoms with Gasteiger partial charge in [0, 0.05) is 24.6 Å². The molecule has 0 radical (unpaired) electrons. The van der Waals surface area contributed by atoms with Gasteiger partial charge in [-0.3, -0.25) is 14.5 Å². The number of nitrogens with zero attached hydrogens (tertiary/aromatic N) is 2. The van der Waals surface area contributed by atoms with E-state index in [2.05, 4.69) is 9.71 Å². The molecule has 2 aromatic heterocycles. The molecule has 6 nitrogen and oxygen atoms in total. The van der Waals surface area contributed by atoms with Crippen LogP contribution in [-0.2, 0) is 16.4 Å². The number of amides is 1. The number of hydrogen-bond acceptors (Lipinski definition) is 5. The molecule has 0 bridgehead atoms. The van der Waals surface area contributed by atoms with Crippen molar-refractivity contribution in [2.45, 2.75) is 10.6 Å². The Hall–Kier alpha value is -2.71. The van der Waals surface area contributed by atoms with Crippen LogP contribution >= 0.6 is 11.3 Å². The summed E-state index contributed by atoms with van der Waals surface area (Å²) in [6.45, 7) is 0.560. The number of nitrogens with one attached hydrogen (secondary N) is 1. The average Bonchev–Trinajstić information content (AvgIpc) is 3.32. The summed E-state index contributed by atoms with van der Waals surface area (Å²) in [6, 6.07) is 12.0. The molecule has 1 aliphatic heterocycles. The first-order chi connectivity index (χ1) is 12.5. The Morgan fingerprint density at radius 1 is 1.19 bits per heavy atom. The van der Waals surface area contributed by atoms with Crippen molar-refractivity contribution in [1.82, 2.24) is 4.98 Å². The van der Waals surface area contributed by atoms with Crippen LogP contribution < -0.4 is 9.62 Å². The first-order valence-electron chi connectivity index (χ1n) is 7.96. The van der Waals surface area contributed by atoms with Gasteiger partial charge < -0.3 is 4.90 Å². The first-order valence-corrected chi connectivity index (χ1v) is 10.3. The summed E-state index contributed by atoms with van der Waals surface area (Å²) in [5, 5.41) is 1.71. The molecule has 0 atom stereocenters. The third-order valence-corrected chi connectivity index (χ3v) is 6.93. The van der Waals surface area contributed by atoms with Crippen molar-refractivity contribution >= 4 is 38.6 Å². The highest BCUT2D eigenvalue weighted by atomic mass is 32.2. The fourth-order valence-corrected chi connectivity index (χ4v) is 4.96. The summed E-state index contributed by atoms with van der Waals surface area (Å²) in [6.07, 6.45) is 3.88. The largest absolute Gasteiger partial charge is 0.308 e. The topological polar surface area (TPSA) is 79.4 Å². The van der Waals surface area contributed by atoms with Gasteiger partial charge in [-0.15, -0.1) is 11.3 Å². The summed E-state index contributed by atoms with van der Waals surface area (Å²) in [5.41, 5.74) is 2.68. The maximum Gasteiger partial charge on any atom is 0.271 e. The van der Waals surface area contributed by atoms with Gasteiger partial charge in [-0.25, -0.2) is 8.42 Å². The Morgan fingerprint density at radius 2 is 2.08 bits per heavy atom. The van der Waals surface area contributed by atoms with Crippen LogP contribution in [0.15, 0.2) is 64.4 Å². The van der Waals surface area contributed by atoms with E-state index in [0.29, 0.717) is 17.8 Å². The molecular formula is C18H15N3O3S2. The van der Waals surface area contributed by atoms with E-state index in [1.54, 1.807) is 52.9 Å². The van der Waals surface area contributed by atoms with E-state index in [4.69, 9.17) is 0 Å². The molecule has 0 unspecified atom stereocenters. The number of thiophene rings is 1. The van der Waals surface area contributed by atoms with Gasteiger partial charge in [0.25, 0.3) is 15.9 Å². The number of fused-ring (bicyclic) bond motifs is 1. The van der Waals surface area contributed by atoms with E-state index in [0.717, 1.165) is 29.0 Å². The van der Waals surface area contributed by atoms with E-state index in [-0.39, 0.29) is 10.1 Å². The van der Waals surface area contributed by atoms with Crippen LogP contribution in [-0.4, -0.2) is 25.9 Å². The number of aromatic nitrogens is 1. The third kappa shape index (κ3) is 3.09. The zero-order valence-electron chi connectivity index (χ0n) is 13.6. The number of benzene rings is 1. The summed E-state index contributed by atoms with van der Waals surface area (Å²) in [7, 11) is -3.62. The first kappa shape index (κ1) is 16.7. The van der Waals surface area contributed by atoms with Gasteiger partial charge in [0.15, 0.2) is 0 Å². The van der Waals surface area contributed by atoms with Crippen molar-refractivity contribution in [3.8, 4) is 0 Å². The van der Waals surface area contributed by atoms with Crippen LogP contribution in [0.3, 0.4) is 0 Å². The lowest BCUT2D eigenvalue weighted by Crippen LogP contribution is -2.29. The zero-order chi connectivity index (χ0) is 18.1. The number of hydrogen-bond donors (Lipinski definition) is 1. The Bertz CT molecular complexity index is 1050. The molecular weight excluding hydrogens is 370 g/mol.